The minimum atomic E-state index is -1.22. The Hall–Kier alpha value is 0.460. The second-order valence-electron chi connectivity index (χ2n) is 5.08. The van der Waals surface area contributed by atoms with Crippen molar-refractivity contribution in [3.05, 3.63) is 60.7 Å². The highest BCUT2D eigenvalue weighted by atomic mass is 35.7. The second kappa shape index (κ2) is 9.82. The van der Waals surface area contributed by atoms with Crippen LogP contribution in [0.25, 0.3) is 0 Å². The topological polar surface area (TPSA) is 0 Å². The van der Waals surface area contributed by atoms with E-state index in [1.807, 2.05) is 48.5 Å². The van der Waals surface area contributed by atoms with Crippen molar-refractivity contribution in [1.29, 1.82) is 0 Å². The van der Waals surface area contributed by atoms with Crippen LogP contribution in [0.5, 0.6) is 0 Å². The summed E-state index contributed by atoms with van der Waals surface area (Å²) in [7, 11) is -1.43. The van der Waals surface area contributed by atoms with Gasteiger partial charge in [-0.25, -0.2) is 0 Å². The Morgan fingerprint density at radius 3 is 1.70 bits per heavy atom. The fourth-order valence-electron chi connectivity index (χ4n) is 2.25. The molecular formula is C17H18Cl4P2. The quantitative estimate of drug-likeness (QED) is 0.258. The first-order valence-electron chi connectivity index (χ1n) is 7.36. The zero-order valence-corrected chi connectivity index (χ0v) is 17.3. The highest BCUT2D eigenvalue weighted by Gasteiger charge is 2.32. The maximum Gasteiger partial charge on any atom is 0.212 e. The molecule has 6 heteroatoms. The van der Waals surface area contributed by atoms with Crippen LogP contribution in [-0.4, -0.2) is 15.9 Å². The molecule has 0 amide bonds. The first kappa shape index (κ1) is 19.8. The number of hydrogen-bond acceptors (Lipinski definition) is 0. The van der Waals surface area contributed by atoms with E-state index in [1.165, 1.54) is 5.30 Å². The van der Waals surface area contributed by atoms with Crippen molar-refractivity contribution in [2.75, 3.05) is 12.3 Å². The number of unbranched alkanes of at least 4 members (excludes halogenated alkanes) is 1. The molecule has 2 unspecified atom stereocenters. The lowest BCUT2D eigenvalue weighted by Crippen LogP contribution is -2.14. The lowest BCUT2D eigenvalue weighted by atomic mass is 10.4. The smallest absolute Gasteiger partial charge is 0.0912 e. The van der Waals surface area contributed by atoms with Crippen molar-refractivity contribution in [3.8, 4) is 0 Å². The molecule has 23 heavy (non-hydrogen) atoms. The standard InChI is InChI=1S/C17H18Cl4P2/c18-17(19,20)22(15-9-3-1-4-10-15)13-7-8-14-23(21)16-11-5-2-6-12-16/h1-6,9-12H,7-8,13-14H2. The molecule has 2 aromatic carbocycles. The van der Waals surface area contributed by atoms with Gasteiger partial charge in [-0.15, -0.1) is 0 Å². The molecular weight excluding hydrogens is 408 g/mol. The van der Waals surface area contributed by atoms with E-state index < -0.39 is 18.7 Å². The summed E-state index contributed by atoms with van der Waals surface area (Å²) in [4.78, 5) is 0. The maximum absolute atomic E-state index is 6.52. The van der Waals surface area contributed by atoms with E-state index in [2.05, 4.69) is 12.1 Å². The minimum Gasteiger partial charge on any atom is -0.0912 e. The van der Waals surface area contributed by atoms with E-state index in [-0.39, 0.29) is 0 Å². The third-order valence-electron chi connectivity index (χ3n) is 3.40. The van der Waals surface area contributed by atoms with Crippen LogP contribution in [0.1, 0.15) is 12.8 Å². The monoisotopic (exact) mass is 424 g/mol. The molecule has 2 aromatic rings. The largest absolute Gasteiger partial charge is 0.212 e. The van der Waals surface area contributed by atoms with Gasteiger partial charge in [0.2, 0.25) is 3.53 Å². The lowest BCUT2D eigenvalue weighted by Gasteiger charge is -2.25. The molecule has 0 saturated carbocycles. The van der Waals surface area contributed by atoms with Crippen LogP contribution < -0.4 is 10.6 Å². The van der Waals surface area contributed by atoms with Gasteiger partial charge in [0.15, 0.2) is 0 Å². The molecule has 0 N–H and O–H groups in total. The highest BCUT2D eigenvalue weighted by Crippen LogP contribution is 2.57. The molecule has 0 aromatic heterocycles. The summed E-state index contributed by atoms with van der Waals surface area (Å²) >= 11 is 25.1. The van der Waals surface area contributed by atoms with Gasteiger partial charge in [0.25, 0.3) is 0 Å². The Kier molecular flexibility index (Phi) is 8.44. The summed E-state index contributed by atoms with van der Waals surface area (Å²) in [5.41, 5.74) is 0. The Morgan fingerprint density at radius 1 is 0.696 bits per heavy atom. The third-order valence-corrected chi connectivity index (χ3v) is 10.2. The van der Waals surface area contributed by atoms with Gasteiger partial charge < -0.3 is 0 Å². The molecule has 0 aliphatic carbocycles. The summed E-state index contributed by atoms with van der Waals surface area (Å²) in [6.45, 7) is 0. The van der Waals surface area contributed by atoms with Gasteiger partial charge in [-0.2, -0.15) is 0 Å². The molecule has 0 nitrogen and oxygen atoms in total. The van der Waals surface area contributed by atoms with E-state index in [1.54, 1.807) is 0 Å². The number of alkyl halides is 3. The van der Waals surface area contributed by atoms with Crippen LogP contribution in [0.4, 0.5) is 0 Å². The van der Waals surface area contributed by atoms with Crippen molar-refractivity contribution in [1.82, 2.24) is 0 Å². The molecule has 0 spiro atoms. The predicted octanol–water partition coefficient (Wildman–Crippen LogP) is 6.86. The summed E-state index contributed by atoms with van der Waals surface area (Å²) < 4.78 is -1.22. The van der Waals surface area contributed by atoms with Crippen LogP contribution in [0.3, 0.4) is 0 Å². The van der Waals surface area contributed by atoms with E-state index >= 15 is 0 Å². The third kappa shape index (κ3) is 6.70. The second-order valence-corrected chi connectivity index (χ2v) is 13.6. The Bertz CT molecular complexity index is 572. The van der Waals surface area contributed by atoms with Crippen LogP contribution in [0, 0.1) is 0 Å². The molecule has 0 saturated heterocycles. The van der Waals surface area contributed by atoms with E-state index in [9.17, 15) is 0 Å². The van der Waals surface area contributed by atoms with E-state index in [0.717, 1.165) is 30.5 Å². The highest BCUT2D eigenvalue weighted by molar-refractivity contribution is 7.89. The van der Waals surface area contributed by atoms with Gasteiger partial charge in [-0.05, 0) is 43.7 Å². The van der Waals surface area contributed by atoms with Crippen molar-refractivity contribution in [2.24, 2.45) is 0 Å². The first-order valence-corrected chi connectivity index (χ1v) is 12.5. The van der Waals surface area contributed by atoms with Gasteiger partial charge in [-0.1, -0.05) is 107 Å². The van der Waals surface area contributed by atoms with Crippen molar-refractivity contribution < 1.29 is 0 Å². The molecule has 2 atom stereocenters. The van der Waals surface area contributed by atoms with Crippen molar-refractivity contribution in [3.63, 3.8) is 0 Å². The van der Waals surface area contributed by atoms with Crippen molar-refractivity contribution >= 4 is 71.8 Å². The van der Waals surface area contributed by atoms with Crippen LogP contribution in [0.15, 0.2) is 60.7 Å². The Labute approximate surface area is 160 Å². The van der Waals surface area contributed by atoms with E-state index in [4.69, 9.17) is 46.0 Å². The summed E-state index contributed by atoms with van der Waals surface area (Å²) in [5, 5.41) is 2.37. The average Bonchev–Trinajstić information content (AvgIpc) is 2.55. The number of hydrogen-bond donors (Lipinski definition) is 0. The van der Waals surface area contributed by atoms with Gasteiger partial charge in [-0.3, -0.25) is 0 Å². The molecule has 0 fully saturated rings. The minimum absolute atomic E-state index is 0.608. The zero-order valence-electron chi connectivity index (χ0n) is 12.5. The molecule has 2 rings (SSSR count). The molecule has 0 aliphatic heterocycles. The van der Waals surface area contributed by atoms with Crippen molar-refractivity contribution in [2.45, 2.75) is 16.4 Å². The molecule has 0 radical (unpaired) electrons. The number of rotatable bonds is 7. The van der Waals surface area contributed by atoms with E-state index in [0.29, 0.717) is 0 Å². The Morgan fingerprint density at radius 2 is 1.17 bits per heavy atom. The molecule has 0 heterocycles. The summed E-state index contributed by atoms with van der Waals surface area (Å²) in [6, 6.07) is 20.3. The lowest BCUT2D eigenvalue weighted by molar-refractivity contribution is 0.900. The van der Waals surface area contributed by atoms with Gasteiger partial charge in [0, 0.05) is 7.27 Å². The number of halogens is 4. The average molecular weight is 426 g/mol. The van der Waals surface area contributed by atoms with Gasteiger partial charge in [0.1, 0.15) is 0 Å². The number of benzene rings is 2. The molecule has 0 bridgehead atoms. The van der Waals surface area contributed by atoms with Crippen LogP contribution in [0.2, 0.25) is 0 Å². The van der Waals surface area contributed by atoms with Crippen LogP contribution >= 0.6 is 61.2 Å². The van der Waals surface area contributed by atoms with Crippen LogP contribution in [-0.2, 0) is 0 Å². The zero-order chi connectivity index (χ0) is 16.7. The van der Waals surface area contributed by atoms with Gasteiger partial charge >= 0.3 is 0 Å². The molecule has 0 aliphatic rings. The SMILES string of the molecule is ClP(CCCCP(c1ccccc1)C(Cl)(Cl)Cl)c1ccccc1. The summed E-state index contributed by atoms with van der Waals surface area (Å²) in [6.07, 6.45) is 3.98. The predicted molar refractivity (Wildman–Crippen MR) is 111 cm³/mol. The maximum atomic E-state index is 6.52. The summed E-state index contributed by atoms with van der Waals surface area (Å²) in [5.74, 6) is 0. The Balaban J connectivity index is 1.85. The fraction of sp³-hybridized carbons (Fsp3) is 0.294. The molecule has 124 valence electrons. The fourth-order valence-corrected chi connectivity index (χ4v) is 7.72. The normalized spacial score (nSPS) is 14.4. The first-order chi connectivity index (χ1) is 11.0. The van der Waals surface area contributed by atoms with Gasteiger partial charge in [0.05, 0.1) is 0 Å².